The Morgan fingerprint density at radius 1 is 0.966 bits per heavy atom. The summed E-state index contributed by atoms with van der Waals surface area (Å²) in [7, 11) is 0. The van der Waals surface area contributed by atoms with Gasteiger partial charge in [0.25, 0.3) is 11.8 Å². The van der Waals surface area contributed by atoms with Crippen LogP contribution >= 0.6 is 0 Å². The number of anilines is 1. The lowest BCUT2D eigenvalue weighted by molar-refractivity contribution is 0.102. The third-order valence-corrected chi connectivity index (χ3v) is 4.10. The SMILES string of the molecule is O=C(Nc1ccccc1F)c1ccccc1OCc1nc(-c2ccccc2)no1. The van der Waals surface area contributed by atoms with Crippen LogP contribution in [0, 0.1) is 5.82 Å². The van der Waals surface area contributed by atoms with Crippen molar-refractivity contribution in [2.75, 3.05) is 5.32 Å². The molecule has 0 atom stereocenters. The molecule has 4 aromatic rings. The third kappa shape index (κ3) is 4.30. The summed E-state index contributed by atoms with van der Waals surface area (Å²) in [5, 5.41) is 6.48. The summed E-state index contributed by atoms with van der Waals surface area (Å²) < 4.78 is 24.7. The fraction of sp³-hybridized carbons (Fsp3) is 0.0455. The van der Waals surface area contributed by atoms with Crippen LogP contribution in [0.1, 0.15) is 16.2 Å². The Morgan fingerprint density at radius 3 is 2.52 bits per heavy atom. The molecule has 0 bridgehead atoms. The van der Waals surface area contributed by atoms with Crippen LogP contribution in [0.3, 0.4) is 0 Å². The molecule has 1 heterocycles. The van der Waals surface area contributed by atoms with Gasteiger partial charge in [0, 0.05) is 5.56 Å². The van der Waals surface area contributed by atoms with Crippen molar-refractivity contribution in [3.8, 4) is 17.1 Å². The molecule has 1 N–H and O–H groups in total. The molecule has 0 aliphatic rings. The van der Waals surface area contributed by atoms with Gasteiger partial charge in [-0.1, -0.05) is 59.8 Å². The van der Waals surface area contributed by atoms with Crippen LogP contribution in [0.4, 0.5) is 10.1 Å². The van der Waals surface area contributed by atoms with Crippen molar-refractivity contribution in [3.05, 3.63) is 96.1 Å². The fourth-order valence-electron chi connectivity index (χ4n) is 2.69. The number of nitrogens with one attached hydrogen (secondary N) is 1. The highest BCUT2D eigenvalue weighted by molar-refractivity contribution is 6.06. The smallest absolute Gasteiger partial charge is 0.264 e. The van der Waals surface area contributed by atoms with Crippen LogP contribution < -0.4 is 10.1 Å². The summed E-state index contributed by atoms with van der Waals surface area (Å²) >= 11 is 0. The Bertz CT molecular complexity index is 1130. The minimum Gasteiger partial charge on any atom is -0.483 e. The molecule has 0 fully saturated rings. The molecule has 0 aliphatic heterocycles. The zero-order valence-corrected chi connectivity index (χ0v) is 15.2. The van der Waals surface area contributed by atoms with Crippen molar-refractivity contribution in [2.24, 2.45) is 0 Å². The quantitative estimate of drug-likeness (QED) is 0.517. The molecular formula is C22H16FN3O3. The second-order valence-corrected chi connectivity index (χ2v) is 6.10. The molecule has 3 aromatic carbocycles. The Balaban J connectivity index is 1.47. The summed E-state index contributed by atoms with van der Waals surface area (Å²) in [6, 6.07) is 22.0. The van der Waals surface area contributed by atoms with E-state index in [1.165, 1.54) is 12.1 Å². The topological polar surface area (TPSA) is 77.2 Å². The predicted molar refractivity (Wildman–Crippen MR) is 105 cm³/mol. The van der Waals surface area contributed by atoms with Gasteiger partial charge in [0.1, 0.15) is 11.6 Å². The van der Waals surface area contributed by atoms with Gasteiger partial charge in [-0.05, 0) is 24.3 Å². The van der Waals surface area contributed by atoms with E-state index in [0.29, 0.717) is 11.6 Å². The molecule has 7 heteroatoms. The molecule has 0 aliphatic carbocycles. The number of amides is 1. The lowest BCUT2D eigenvalue weighted by Gasteiger charge is -2.11. The van der Waals surface area contributed by atoms with E-state index < -0.39 is 11.7 Å². The number of rotatable bonds is 6. The number of para-hydroxylation sites is 2. The average Bonchev–Trinajstić information content (AvgIpc) is 3.24. The third-order valence-electron chi connectivity index (χ3n) is 4.10. The lowest BCUT2D eigenvalue weighted by atomic mass is 10.2. The van der Waals surface area contributed by atoms with Crippen molar-refractivity contribution < 1.29 is 18.4 Å². The van der Waals surface area contributed by atoms with Gasteiger partial charge in [0.15, 0.2) is 6.61 Å². The minimum atomic E-state index is -0.515. The number of hydrogen-bond acceptors (Lipinski definition) is 5. The van der Waals surface area contributed by atoms with Crippen LogP contribution in [0.15, 0.2) is 83.4 Å². The number of aromatic nitrogens is 2. The standard InChI is InChI=1S/C22H16FN3O3/c23-17-11-5-6-12-18(17)24-22(27)16-10-4-7-13-19(16)28-14-20-25-21(26-29-20)15-8-2-1-3-9-15/h1-13H,14H2,(H,24,27). The van der Waals surface area contributed by atoms with Gasteiger partial charge < -0.3 is 14.6 Å². The van der Waals surface area contributed by atoms with E-state index >= 15 is 0 Å². The Morgan fingerprint density at radius 2 is 1.69 bits per heavy atom. The first-order valence-electron chi connectivity index (χ1n) is 8.86. The van der Waals surface area contributed by atoms with Crippen molar-refractivity contribution in [3.63, 3.8) is 0 Å². The highest BCUT2D eigenvalue weighted by Gasteiger charge is 2.15. The predicted octanol–water partition coefficient (Wildman–Crippen LogP) is 4.71. The summed E-state index contributed by atoms with van der Waals surface area (Å²) in [4.78, 5) is 16.9. The molecule has 0 saturated heterocycles. The lowest BCUT2D eigenvalue weighted by Crippen LogP contribution is -2.14. The van der Waals surface area contributed by atoms with Crippen molar-refractivity contribution in [1.29, 1.82) is 0 Å². The van der Waals surface area contributed by atoms with E-state index in [0.717, 1.165) is 5.56 Å². The zero-order valence-electron chi connectivity index (χ0n) is 15.2. The van der Waals surface area contributed by atoms with Gasteiger partial charge >= 0.3 is 0 Å². The maximum Gasteiger partial charge on any atom is 0.264 e. The number of carbonyl (C=O) groups excluding carboxylic acids is 1. The van der Waals surface area contributed by atoms with Gasteiger partial charge in [-0.2, -0.15) is 4.98 Å². The molecule has 0 spiro atoms. The second kappa shape index (κ2) is 8.35. The molecular weight excluding hydrogens is 373 g/mol. The number of halogens is 1. The van der Waals surface area contributed by atoms with Gasteiger partial charge in [-0.15, -0.1) is 0 Å². The van der Waals surface area contributed by atoms with Gasteiger partial charge in [0.05, 0.1) is 11.3 Å². The van der Waals surface area contributed by atoms with E-state index in [9.17, 15) is 9.18 Å². The average molecular weight is 389 g/mol. The van der Waals surface area contributed by atoms with E-state index in [1.807, 2.05) is 30.3 Å². The largest absolute Gasteiger partial charge is 0.483 e. The monoisotopic (exact) mass is 389 g/mol. The van der Waals surface area contributed by atoms with Crippen LogP contribution in [-0.2, 0) is 6.61 Å². The van der Waals surface area contributed by atoms with Gasteiger partial charge in [-0.3, -0.25) is 4.79 Å². The number of hydrogen-bond donors (Lipinski definition) is 1. The molecule has 0 unspecified atom stereocenters. The summed E-state index contributed by atoms with van der Waals surface area (Å²) in [6.45, 7) is -0.0101. The van der Waals surface area contributed by atoms with E-state index in [2.05, 4.69) is 15.5 Å². The fourth-order valence-corrected chi connectivity index (χ4v) is 2.69. The Kier molecular flexibility index (Phi) is 5.29. The van der Waals surface area contributed by atoms with E-state index in [4.69, 9.17) is 9.26 Å². The van der Waals surface area contributed by atoms with Gasteiger partial charge in [0.2, 0.25) is 5.82 Å². The highest BCUT2D eigenvalue weighted by atomic mass is 19.1. The first-order chi connectivity index (χ1) is 14.2. The van der Waals surface area contributed by atoms with Crippen LogP contribution in [0.2, 0.25) is 0 Å². The first kappa shape index (κ1) is 18.4. The maximum absolute atomic E-state index is 13.8. The Hall–Kier alpha value is -4.00. The first-order valence-corrected chi connectivity index (χ1v) is 8.86. The van der Waals surface area contributed by atoms with Crippen molar-refractivity contribution in [2.45, 2.75) is 6.61 Å². The molecule has 1 aromatic heterocycles. The van der Waals surface area contributed by atoms with Crippen molar-refractivity contribution in [1.82, 2.24) is 10.1 Å². The normalized spacial score (nSPS) is 10.5. The van der Waals surface area contributed by atoms with Crippen LogP contribution in [0.5, 0.6) is 5.75 Å². The van der Waals surface area contributed by atoms with E-state index in [-0.39, 0.29) is 23.7 Å². The molecule has 29 heavy (non-hydrogen) atoms. The summed E-state index contributed by atoms with van der Waals surface area (Å²) in [5.41, 5.74) is 1.18. The Labute approximate surface area is 166 Å². The number of carbonyl (C=O) groups is 1. The molecule has 4 rings (SSSR count). The van der Waals surface area contributed by atoms with Crippen molar-refractivity contribution >= 4 is 11.6 Å². The molecule has 0 saturated carbocycles. The number of benzene rings is 3. The maximum atomic E-state index is 13.8. The zero-order chi connectivity index (χ0) is 20.1. The summed E-state index contributed by atoms with van der Waals surface area (Å²) in [5.74, 6) is 0.0449. The second-order valence-electron chi connectivity index (χ2n) is 6.10. The van der Waals surface area contributed by atoms with Crippen LogP contribution in [-0.4, -0.2) is 16.0 Å². The molecule has 1 amide bonds. The number of ether oxygens (including phenoxy) is 1. The van der Waals surface area contributed by atoms with E-state index in [1.54, 1.807) is 36.4 Å². The summed E-state index contributed by atoms with van der Waals surface area (Å²) in [6.07, 6.45) is 0. The highest BCUT2D eigenvalue weighted by Crippen LogP contribution is 2.22. The van der Waals surface area contributed by atoms with Gasteiger partial charge in [-0.25, -0.2) is 4.39 Å². The molecule has 0 radical (unpaired) electrons. The number of nitrogens with zero attached hydrogens (tertiary/aromatic N) is 2. The molecule has 6 nitrogen and oxygen atoms in total. The molecule has 144 valence electrons. The van der Waals surface area contributed by atoms with Crippen LogP contribution in [0.25, 0.3) is 11.4 Å². The minimum absolute atomic E-state index is 0.0101.